The Labute approximate surface area is 123 Å². The highest BCUT2D eigenvalue weighted by molar-refractivity contribution is 5.45. The zero-order valence-electron chi connectivity index (χ0n) is 11.7. The molecule has 0 fully saturated rings. The summed E-state index contributed by atoms with van der Waals surface area (Å²) in [6.07, 6.45) is -4.89. The van der Waals surface area contributed by atoms with Gasteiger partial charge in [0.1, 0.15) is 5.56 Å². The molecule has 0 aromatic heterocycles. The molecule has 0 unspecified atom stereocenters. The van der Waals surface area contributed by atoms with E-state index in [1.165, 1.54) is 0 Å². The molecule has 22 heavy (non-hydrogen) atoms. The van der Waals surface area contributed by atoms with Gasteiger partial charge in [-0.05, 0) is 19.9 Å². The van der Waals surface area contributed by atoms with Crippen molar-refractivity contribution in [1.29, 1.82) is 0 Å². The molecule has 8 nitrogen and oxygen atoms in total. The standard InChI is InChI=1S/C11H13F3N4O4/c1-3-16(4-2)18(21)15-22-10-6-5-8(17(19)20)7-9(10)11(12,13)14/h5-7H,3-4H2,1-2H3/b18-15+. The lowest BCUT2D eigenvalue weighted by Crippen LogP contribution is -2.30. The van der Waals surface area contributed by atoms with Crippen LogP contribution in [0.15, 0.2) is 23.5 Å². The lowest BCUT2D eigenvalue weighted by atomic mass is 10.1. The fourth-order valence-corrected chi connectivity index (χ4v) is 1.53. The zero-order chi connectivity index (χ0) is 16.9. The summed E-state index contributed by atoms with van der Waals surface area (Å²) >= 11 is 0. The number of benzene rings is 1. The molecule has 0 bridgehead atoms. The highest BCUT2D eigenvalue weighted by Crippen LogP contribution is 2.38. The van der Waals surface area contributed by atoms with Gasteiger partial charge in [0.05, 0.1) is 23.0 Å². The minimum Gasteiger partial charge on any atom is -0.569 e. The molecule has 0 saturated carbocycles. The molecular formula is C11H13F3N4O4. The Morgan fingerprint density at radius 3 is 2.32 bits per heavy atom. The summed E-state index contributed by atoms with van der Waals surface area (Å²) in [5.41, 5.74) is -2.14. The van der Waals surface area contributed by atoms with Crippen molar-refractivity contribution >= 4 is 5.69 Å². The summed E-state index contributed by atoms with van der Waals surface area (Å²) in [7, 11) is 0. The van der Waals surface area contributed by atoms with Crippen LogP contribution in [0.4, 0.5) is 18.9 Å². The Balaban J connectivity index is 3.14. The molecule has 1 aromatic rings. The van der Waals surface area contributed by atoms with E-state index in [9.17, 15) is 28.5 Å². The Morgan fingerprint density at radius 2 is 1.86 bits per heavy atom. The molecule has 0 radical (unpaired) electrons. The van der Waals surface area contributed by atoms with Crippen LogP contribution in [-0.4, -0.2) is 28.0 Å². The first kappa shape index (κ1) is 17.5. The number of hydrazine groups is 1. The second-order valence-electron chi connectivity index (χ2n) is 4.00. The van der Waals surface area contributed by atoms with Crippen molar-refractivity contribution in [2.75, 3.05) is 13.1 Å². The highest BCUT2D eigenvalue weighted by atomic mass is 19.4. The summed E-state index contributed by atoms with van der Waals surface area (Å²) in [6, 6.07) is 1.88. The molecule has 0 heterocycles. The second-order valence-corrected chi connectivity index (χ2v) is 4.00. The smallest absolute Gasteiger partial charge is 0.420 e. The largest absolute Gasteiger partial charge is 0.569 e. The number of hydrogen-bond acceptors (Lipinski definition) is 5. The number of non-ortho nitro benzene ring substituents is 1. The molecule has 0 aliphatic carbocycles. The average Bonchev–Trinajstić information content (AvgIpc) is 2.45. The second kappa shape index (κ2) is 6.91. The number of alkyl halides is 3. The third-order valence-corrected chi connectivity index (χ3v) is 2.66. The van der Waals surface area contributed by atoms with Crippen LogP contribution in [0.25, 0.3) is 0 Å². The Hall–Kier alpha value is -2.59. The van der Waals surface area contributed by atoms with Gasteiger partial charge in [0.15, 0.2) is 5.75 Å². The van der Waals surface area contributed by atoms with Crippen molar-refractivity contribution in [2.24, 2.45) is 5.28 Å². The van der Waals surface area contributed by atoms with Crippen LogP contribution < -0.4 is 4.84 Å². The van der Waals surface area contributed by atoms with Gasteiger partial charge in [-0.1, -0.05) is 0 Å². The summed E-state index contributed by atoms with van der Waals surface area (Å²) in [5, 5.41) is 26.2. The van der Waals surface area contributed by atoms with Gasteiger partial charge >= 0.3 is 6.18 Å². The van der Waals surface area contributed by atoms with E-state index >= 15 is 0 Å². The van der Waals surface area contributed by atoms with Crippen LogP contribution >= 0.6 is 0 Å². The molecule has 1 rings (SSSR count). The van der Waals surface area contributed by atoms with E-state index in [1.54, 1.807) is 13.8 Å². The molecule has 0 saturated heterocycles. The molecular weight excluding hydrogens is 309 g/mol. The van der Waals surface area contributed by atoms with Gasteiger partial charge in [-0.25, -0.2) is 0 Å². The molecule has 0 atom stereocenters. The summed E-state index contributed by atoms with van der Waals surface area (Å²) in [5.74, 6) is -0.800. The van der Waals surface area contributed by atoms with Crippen molar-refractivity contribution in [3.8, 4) is 5.75 Å². The average molecular weight is 322 g/mol. The topological polar surface area (TPSA) is 94.0 Å². The van der Waals surface area contributed by atoms with Crippen molar-refractivity contribution in [3.63, 3.8) is 0 Å². The van der Waals surface area contributed by atoms with Gasteiger partial charge in [0, 0.05) is 12.1 Å². The van der Waals surface area contributed by atoms with Crippen molar-refractivity contribution in [3.05, 3.63) is 39.1 Å². The highest BCUT2D eigenvalue weighted by Gasteiger charge is 2.36. The van der Waals surface area contributed by atoms with Crippen LogP contribution in [0.5, 0.6) is 5.75 Å². The van der Waals surface area contributed by atoms with Crippen LogP contribution in [0, 0.1) is 15.3 Å². The van der Waals surface area contributed by atoms with Crippen LogP contribution in [0.3, 0.4) is 0 Å². The number of nitro groups is 1. The normalized spacial score (nSPS) is 12.1. The fourth-order valence-electron chi connectivity index (χ4n) is 1.53. The van der Waals surface area contributed by atoms with E-state index in [4.69, 9.17) is 0 Å². The lowest BCUT2D eigenvalue weighted by Gasteiger charge is -2.14. The van der Waals surface area contributed by atoms with E-state index in [2.05, 4.69) is 10.1 Å². The van der Waals surface area contributed by atoms with Gasteiger partial charge in [0.25, 0.3) is 5.69 Å². The fraction of sp³-hybridized carbons (Fsp3) is 0.455. The van der Waals surface area contributed by atoms with Crippen molar-refractivity contribution in [2.45, 2.75) is 20.0 Å². The van der Waals surface area contributed by atoms with Gasteiger partial charge in [-0.3, -0.25) is 10.1 Å². The molecule has 0 N–H and O–H groups in total. The first-order valence-electron chi connectivity index (χ1n) is 6.16. The van der Waals surface area contributed by atoms with E-state index in [1.807, 2.05) is 0 Å². The third-order valence-electron chi connectivity index (χ3n) is 2.66. The Bertz CT molecular complexity index is 573. The Kier molecular flexibility index (Phi) is 5.49. The lowest BCUT2D eigenvalue weighted by molar-refractivity contribution is -0.706. The minimum absolute atomic E-state index is 0.0154. The minimum atomic E-state index is -4.89. The molecule has 0 amide bonds. The monoisotopic (exact) mass is 322 g/mol. The van der Waals surface area contributed by atoms with Gasteiger partial charge in [0.2, 0.25) is 5.28 Å². The molecule has 0 aliphatic heterocycles. The van der Waals surface area contributed by atoms with E-state index in [0.29, 0.717) is 6.07 Å². The predicted octanol–water partition coefficient (Wildman–Crippen LogP) is 3.13. The molecule has 1 aromatic carbocycles. The number of halogens is 3. The predicted molar refractivity (Wildman–Crippen MR) is 67.7 cm³/mol. The third kappa shape index (κ3) is 4.20. The van der Waals surface area contributed by atoms with Crippen LogP contribution in [0.1, 0.15) is 19.4 Å². The van der Waals surface area contributed by atoms with E-state index in [0.717, 1.165) is 17.1 Å². The number of rotatable bonds is 6. The molecule has 0 spiro atoms. The number of hydrogen-bond donors (Lipinski definition) is 0. The van der Waals surface area contributed by atoms with E-state index < -0.39 is 28.1 Å². The maximum absolute atomic E-state index is 12.9. The summed E-state index contributed by atoms with van der Waals surface area (Å²) < 4.78 is 38.6. The maximum Gasteiger partial charge on any atom is 0.420 e. The Morgan fingerprint density at radius 1 is 1.27 bits per heavy atom. The van der Waals surface area contributed by atoms with Crippen LogP contribution in [-0.2, 0) is 6.18 Å². The first-order chi connectivity index (χ1) is 10.2. The number of nitro benzene ring substituents is 1. The van der Waals surface area contributed by atoms with E-state index in [-0.39, 0.29) is 18.1 Å². The van der Waals surface area contributed by atoms with Gasteiger partial charge < -0.3 is 10.0 Å². The van der Waals surface area contributed by atoms with Gasteiger partial charge in [-0.2, -0.15) is 13.2 Å². The SMILES string of the molecule is CCN(CC)/[N+]([O-])=N\Oc1ccc([N+](=O)[O-])cc1C(F)(F)F. The molecule has 11 heteroatoms. The summed E-state index contributed by atoms with van der Waals surface area (Å²) in [6.45, 7) is 3.85. The maximum atomic E-state index is 12.9. The molecule has 0 aliphatic rings. The van der Waals surface area contributed by atoms with Crippen molar-refractivity contribution < 1.29 is 27.9 Å². The summed E-state index contributed by atoms with van der Waals surface area (Å²) in [4.78, 5) is 14.1. The quantitative estimate of drug-likeness (QED) is 0.347. The zero-order valence-corrected chi connectivity index (χ0v) is 11.7. The van der Waals surface area contributed by atoms with Gasteiger partial charge in [-0.15, -0.1) is 5.01 Å². The van der Waals surface area contributed by atoms with Crippen LogP contribution in [0.2, 0.25) is 0 Å². The number of nitrogens with zero attached hydrogens (tertiary/aromatic N) is 4. The van der Waals surface area contributed by atoms with Crippen molar-refractivity contribution in [1.82, 2.24) is 5.01 Å². The first-order valence-corrected chi connectivity index (χ1v) is 6.16. The molecule has 122 valence electrons.